The van der Waals surface area contributed by atoms with Gasteiger partial charge in [-0.25, -0.2) is 0 Å². The number of ketones is 1. The molecule has 0 unspecified atom stereocenters. The number of rotatable bonds is 3. The first-order valence-corrected chi connectivity index (χ1v) is 7.59. The predicted molar refractivity (Wildman–Crippen MR) is 87.1 cm³/mol. The maximum atomic E-state index is 13.0. The summed E-state index contributed by atoms with van der Waals surface area (Å²) in [7, 11) is 1.25. The van der Waals surface area contributed by atoms with Crippen LogP contribution in [-0.2, 0) is 20.1 Å². The van der Waals surface area contributed by atoms with Gasteiger partial charge in [0.25, 0.3) is 5.79 Å². The number of fused-ring (bicyclic) bond motifs is 1. The summed E-state index contributed by atoms with van der Waals surface area (Å²) in [6.45, 7) is 1.12. The Morgan fingerprint density at radius 1 is 1.12 bits per heavy atom. The molecular weight excluding hydrogens is 344 g/mol. The van der Waals surface area contributed by atoms with Crippen molar-refractivity contribution < 1.29 is 39.1 Å². The van der Waals surface area contributed by atoms with Gasteiger partial charge in [-0.1, -0.05) is 0 Å². The number of phenolic OH excluding ortho intramolecular Hbond substituents is 3. The van der Waals surface area contributed by atoms with E-state index in [9.17, 15) is 24.9 Å². The van der Waals surface area contributed by atoms with E-state index in [0.29, 0.717) is 0 Å². The highest BCUT2D eigenvalue weighted by Crippen LogP contribution is 2.46. The van der Waals surface area contributed by atoms with Gasteiger partial charge in [0.1, 0.15) is 28.6 Å². The number of phenols is 3. The molecule has 3 N–H and O–H groups in total. The van der Waals surface area contributed by atoms with Gasteiger partial charge in [-0.15, -0.1) is 0 Å². The van der Waals surface area contributed by atoms with Crippen LogP contribution in [0.2, 0.25) is 0 Å². The van der Waals surface area contributed by atoms with Gasteiger partial charge in [0.2, 0.25) is 11.9 Å². The molecule has 0 amide bonds. The van der Waals surface area contributed by atoms with E-state index in [1.807, 2.05) is 0 Å². The minimum absolute atomic E-state index is 0.0261. The van der Waals surface area contributed by atoms with Crippen molar-refractivity contribution in [3.63, 3.8) is 0 Å². The summed E-state index contributed by atoms with van der Waals surface area (Å²) in [5.74, 6) is -4.38. The lowest BCUT2D eigenvalue weighted by Gasteiger charge is -2.41. The molecule has 0 aromatic heterocycles. The van der Waals surface area contributed by atoms with Gasteiger partial charge >= 0.3 is 5.97 Å². The van der Waals surface area contributed by atoms with Crippen molar-refractivity contribution in [2.75, 3.05) is 7.11 Å². The molecule has 2 aromatic carbocycles. The zero-order valence-electron chi connectivity index (χ0n) is 13.9. The molecule has 0 spiro atoms. The van der Waals surface area contributed by atoms with Crippen molar-refractivity contribution in [3.05, 3.63) is 47.5 Å². The molecule has 0 aliphatic carbocycles. The third-order valence-corrected chi connectivity index (χ3v) is 4.01. The smallest absolute Gasteiger partial charge is 0.303 e. The van der Waals surface area contributed by atoms with Crippen molar-refractivity contribution in [3.8, 4) is 23.0 Å². The van der Waals surface area contributed by atoms with Crippen LogP contribution in [0.25, 0.3) is 0 Å². The van der Waals surface area contributed by atoms with E-state index in [2.05, 4.69) is 0 Å². The van der Waals surface area contributed by atoms with Crippen LogP contribution in [-0.4, -0.2) is 40.3 Å². The zero-order valence-corrected chi connectivity index (χ0v) is 13.9. The van der Waals surface area contributed by atoms with E-state index in [1.54, 1.807) is 0 Å². The monoisotopic (exact) mass is 360 g/mol. The number of carbonyl (C=O) groups excluding carboxylic acids is 2. The van der Waals surface area contributed by atoms with Crippen LogP contribution in [0.15, 0.2) is 36.4 Å². The first kappa shape index (κ1) is 17.6. The number of methoxy groups -OCH3 is 1. The van der Waals surface area contributed by atoms with Gasteiger partial charge < -0.3 is 29.5 Å². The van der Waals surface area contributed by atoms with Gasteiger partial charge in [0.15, 0.2) is 0 Å². The molecule has 3 rings (SSSR count). The molecule has 136 valence electrons. The summed E-state index contributed by atoms with van der Waals surface area (Å²) < 4.78 is 16.4. The van der Waals surface area contributed by atoms with E-state index in [4.69, 9.17) is 14.2 Å². The molecular formula is C18H16O8. The fraction of sp³-hybridized carbons (Fsp3) is 0.222. The fourth-order valence-electron chi connectivity index (χ4n) is 2.90. The Balaban J connectivity index is 2.24. The molecule has 0 saturated heterocycles. The standard InChI is InChI=1S/C18H16O8/c1-9(19)25-17-16(23)15-13(22)7-12(21)8-14(15)26-18(17,24-2)10-3-5-11(20)6-4-10/h3-8,17,20-22H,1-2H3/t17-,18+/m0/s1. The van der Waals surface area contributed by atoms with Gasteiger partial charge in [-0.2, -0.15) is 0 Å². The second-order valence-electron chi connectivity index (χ2n) is 5.71. The quantitative estimate of drug-likeness (QED) is 0.708. The average Bonchev–Trinajstić information content (AvgIpc) is 2.57. The fourth-order valence-corrected chi connectivity index (χ4v) is 2.90. The lowest BCUT2D eigenvalue weighted by molar-refractivity contribution is -0.233. The summed E-state index contributed by atoms with van der Waals surface area (Å²) in [4.78, 5) is 24.5. The highest BCUT2D eigenvalue weighted by atomic mass is 16.7. The molecule has 1 heterocycles. The average molecular weight is 360 g/mol. The number of hydrogen-bond acceptors (Lipinski definition) is 8. The van der Waals surface area contributed by atoms with Crippen molar-refractivity contribution in [1.29, 1.82) is 0 Å². The van der Waals surface area contributed by atoms with Gasteiger partial charge in [0.05, 0.1) is 0 Å². The summed E-state index contributed by atoms with van der Waals surface area (Å²) in [6.07, 6.45) is -1.56. The highest BCUT2D eigenvalue weighted by Gasteiger charge is 2.55. The largest absolute Gasteiger partial charge is 0.508 e. The molecule has 1 aliphatic heterocycles. The Hall–Kier alpha value is -3.26. The van der Waals surface area contributed by atoms with Crippen LogP contribution in [0.1, 0.15) is 22.8 Å². The molecule has 0 fully saturated rings. The topological polar surface area (TPSA) is 123 Å². The SMILES string of the molecule is CO[C@]1(c2ccc(O)cc2)Oc2cc(O)cc(O)c2C(=O)[C@@H]1OC(C)=O. The van der Waals surface area contributed by atoms with E-state index >= 15 is 0 Å². The maximum Gasteiger partial charge on any atom is 0.303 e. The molecule has 1 aliphatic rings. The second-order valence-corrected chi connectivity index (χ2v) is 5.71. The number of esters is 1. The molecule has 0 radical (unpaired) electrons. The van der Waals surface area contributed by atoms with Gasteiger partial charge in [-0.3, -0.25) is 9.59 Å². The van der Waals surface area contributed by atoms with Crippen molar-refractivity contribution in [2.45, 2.75) is 18.8 Å². The van der Waals surface area contributed by atoms with Gasteiger partial charge in [-0.05, 0) is 24.3 Å². The number of aromatic hydroxyl groups is 3. The van der Waals surface area contributed by atoms with E-state index in [0.717, 1.165) is 19.1 Å². The van der Waals surface area contributed by atoms with Crippen LogP contribution >= 0.6 is 0 Å². The summed E-state index contributed by atoms with van der Waals surface area (Å²) in [5.41, 5.74) is 0.0476. The number of carbonyl (C=O) groups is 2. The third-order valence-electron chi connectivity index (χ3n) is 4.01. The molecule has 0 bridgehead atoms. The Morgan fingerprint density at radius 2 is 1.77 bits per heavy atom. The second kappa shape index (κ2) is 6.23. The van der Waals surface area contributed by atoms with Crippen LogP contribution in [0.5, 0.6) is 23.0 Å². The number of Topliss-reactive ketones (excluding diaryl/α,β-unsaturated/α-hetero) is 1. The van der Waals surface area contributed by atoms with Crippen LogP contribution < -0.4 is 4.74 Å². The Labute approximate surface area is 148 Å². The minimum atomic E-state index is -1.87. The lowest BCUT2D eigenvalue weighted by Crippen LogP contribution is -2.55. The van der Waals surface area contributed by atoms with E-state index in [-0.39, 0.29) is 28.4 Å². The third kappa shape index (κ3) is 2.70. The molecule has 8 nitrogen and oxygen atoms in total. The molecule has 26 heavy (non-hydrogen) atoms. The number of hydrogen-bond donors (Lipinski definition) is 3. The predicted octanol–water partition coefficient (Wildman–Crippen LogP) is 1.81. The van der Waals surface area contributed by atoms with Crippen LogP contribution in [0, 0.1) is 0 Å². The Kier molecular flexibility index (Phi) is 4.21. The van der Waals surface area contributed by atoms with E-state index < -0.39 is 29.4 Å². The number of benzene rings is 2. The van der Waals surface area contributed by atoms with Crippen molar-refractivity contribution in [2.24, 2.45) is 0 Å². The highest BCUT2D eigenvalue weighted by molar-refractivity contribution is 6.06. The Bertz CT molecular complexity index is 874. The first-order chi connectivity index (χ1) is 12.3. The Morgan fingerprint density at radius 3 is 2.35 bits per heavy atom. The normalized spacial score (nSPS) is 21.6. The summed E-state index contributed by atoms with van der Waals surface area (Å²) in [6, 6.07) is 7.71. The molecule has 2 aromatic rings. The summed E-state index contributed by atoms with van der Waals surface area (Å²) >= 11 is 0. The lowest BCUT2D eigenvalue weighted by atomic mass is 9.89. The molecule has 0 saturated carbocycles. The van der Waals surface area contributed by atoms with Crippen molar-refractivity contribution >= 4 is 11.8 Å². The minimum Gasteiger partial charge on any atom is -0.508 e. The number of ether oxygens (including phenoxy) is 3. The van der Waals surface area contributed by atoms with Crippen LogP contribution in [0.3, 0.4) is 0 Å². The first-order valence-electron chi connectivity index (χ1n) is 7.59. The zero-order chi connectivity index (χ0) is 19.1. The molecule has 8 heteroatoms. The maximum absolute atomic E-state index is 13.0. The molecule has 2 atom stereocenters. The van der Waals surface area contributed by atoms with Crippen molar-refractivity contribution in [1.82, 2.24) is 0 Å². The van der Waals surface area contributed by atoms with E-state index in [1.165, 1.54) is 31.4 Å². The van der Waals surface area contributed by atoms with Crippen LogP contribution in [0.4, 0.5) is 0 Å². The summed E-state index contributed by atoms with van der Waals surface area (Å²) in [5, 5.41) is 29.2. The van der Waals surface area contributed by atoms with Gasteiger partial charge in [0, 0.05) is 31.7 Å².